The Kier molecular flexibility index (Phi) is 2.65. The minimum atomic E-state index is 0.836. The van der Waals surface area contributed by atoms with Crippen LogP contribution in [0.5, 0.6) is 0 Å². The maximum Gasteiger partial charge on any atom is 0.181 e. The van der Waals surface area contributed by atoms with Gasteiger partial charge in [0, 0.05) is 37.5 Å². The highest BCUT2D eigenvalue weighted by molar-refractivity contribution is 7.18. The molecule has 0 atom stereocenters. The first-order valence-electron chi connectivity index (χ1n) is 6.61. The van der Waals surface area contributed by atoms with Gasteiger partial charge in [-0.25, -0.2) is 15.0 Å². The van der Waals surface area contributed by atoms with Crippen molar-refractivity contribution in [3.63, 3.8) is 0 Å². The largest absolute Gasteiger partial charge is 0.331 e. The van der Waals surface area contributed by atoms with Gasteiger partial charge in [0.15, 0.2) is 11.6 Å². The molecule has 0 aliphatic heterocycles. The van der Waals surface area contributed by atoms with Crippen LogP contribution >= 0.6 is 11.3 Å². The van der Waals surface area contributed by atoms with Crippen molar-refractivity contribution in [2.24, 2.45) is 7.05 Å². The van der Waals surface area contributed by atoms with Gasteiger partial charge in [-0.05, 0) is 25.1 Å². The predicted octanol–water partition coefficient (Wildman–Crippen LogP) is 3.19. The molecule has 4 aromatic rings. The molecule has 0 aliphatic rings. The predicted molar refractivity (Wildman–Crippen MR) is 83.7 cm³/mol. The quantitative estimate of drug-likeness (QED) is 0.570. The SMILES string of the molecule is Cc1nc2ccc(-n3ccnc3-c3nccn3C)cc2s1. The second kappa shape index (κ2) is 4.53. The van der Waals surface area contributed by atoms with Gasteiger partial charge in [-0.15, -0.1) is 11.3 Å². The number of rotatable bonds is 2. The fourth-order valence-electron chi connectivity index (χ4n) is 2.44. The number of nitrogens with zero attached hydrogens (tertiary/aromatic N) is 5. The third-order valence-corrected chi connectivity index (χ3v) is 4.35. The van der Waals surface area contributed by atoms with Crippen molar-refractivity contribution in [1.29, 1.82) is 0 Å². The van der Waals surface area contributed by atoms with E-state index in [1.54, 1.807) is 23.7 Å². The lowest BCUT2D eigenvalue weighted by molar-refractivity contribution is 0.897. The Balaban J connectivity index is 1.89. The van der Waals surface area contributed by atoms with E-state index >= 15 is 0 Å². The summed E-state index contributed by atoms with van der Waals surface area (Å²) in [5, 5.41) is 1.08. The summed E-state index contributed by atoms with van der Waals surface area (Å²) in [6.07, 6.45) is 7.46. The molecule has 0 bridgehead atoms. The Hall–Kier alpha value is -2.47. The van der Waals surface area contributed by atoms with Crippen LogP contribution in [0.3, 0.4) is 0 Å². The summed E-state index contributed by atoms with van der Waals surface area (Å²) in [4.78, 5) is 13.3. The van der Waals surface area contributed by atoms with Gasteiger partial charge in [-0.1, -0.05) is 0 Å². The van der Waals surface area contributed by atoms with Crippen LogP contribution in [0.4, 0.5) is 0 Å². The smallest absolute Gasteiger partial charge is 0.181 e. The molecule has 0 fully saturated rings. The lowest BCUT2D eigenvalue weighted by Gasteiger charge is -2.07. The molecule has 1 aromatic carbocycles. The maximum atomic E-state index is 4.50. The van der Waals surface area contributed by atoms with E-state index in [-0.39, 0.29) is 0 Å². The second-order valence-electron chi connectivity index (χ2n) is 4.87. The van der Waals surface area contributed by atoms with Crippen LogP contribution in [0.15, 0.2) is 43.0 Å². The van der Waals surface area contributed by atoms with E-state index in [0.717, 1.165) is 27.9 Å². The Morgan fingerprint density at radius 1 is 1.05 bits per heavy atom. The zero-order valence-corrected chi connectivity index (χ0v) is 12.5. The Morgan fingerprint density at radius 2 is 1.86 bits per heavy atom. The standard InChI is InChI=1S/C15H13N5S/c1-10-18-12-4-3-11(9-13(12)21-10)20-8-6-17-15(20)14-16-5-7-19(14)2/h3-9H,1-2H3. The Labute approximate surface area is 125 Å². The van der Waals surface area contributed by atoms with Gasteiger partial charge in [-0.3, -0.25) is 4.57 Å². The summed E-state index contributed by atoms with van der Waals surface area (Å²) < 4.78 is 5.20. The van der Waals surface area contributed by atoms with E-state index in [1.807, 2.05) is 30.9 Å². The molecule has 21 heavy (non-hydrogen) atoms. The average Bonchev–Trinajstić information content (AvgIpc) is 3.15. The maximum absolute atomic E-state index is 4.50. The van der Waals surface area contributed by atoms with Crippen molar-refractivity contribution in [2.75, 3.05) is 0 Å². The highest BCUT2D eigenvalue weighted by atomic mass is 32.1. The zero-order chi connectivity index (χ0) is 14.4. The number of aryl methyl sites for hydroxylation is 2. The third kappa shape index (κ3) is 1.95. The fourth-order valence-corrected chi connectivity index (χ4v) is 3.30. The van der Waals surface area contributed by atoms with Crippen molar-refractivity contribution in [2.45, 2.75) is 6.92 Å². The van der Waals surface area contributed by atoms with Crippen LogP contribution < -0.4 is 0 Å². The topological polar surface area (TPSA) is 48.5 Å². The number of aromatic nitrogens is 5. The minimum Gasteiger partial charge on any atom is -0.331 e. The molecular formula is C15H13N5S. The van der Waals surface area contributed by atoms with Crippen molar-refractivity contribution >= 4 is 21.6 Å². The Morgan fingerprint density at radius 3 is 2.67 bits per heavy atom. The van der Waals surface area contributed by atoms with E-state index in [1.165, 1.54) is 4.70 Å². The Bertz CT molecular complexity index is 931. The van der Waals surface area contributed by atoms with Gasteiger partial charge < -0.3 is 4.57 Å². The lowest BCUT2D eigenvalue weighted by Crippen LogP contribution is -2.00. The van der Waals surface area contributed by atoms with Crippen LogP contribution in [0.1, 0.15) is 5.01 Å². The summed E-state index contributed by atoms with van der Waals surface area (Å²) in [7, 11) is 1.97. The normalized spacial score (nSPS) is 11.3. The molecule has 4 rings (SSSR count). The third-order valence-electron chi connectivity index (χ3n) is 3.42. The number of imidazole rings is 2. The zero-order valence-electron chi connectivity index (χ0n) is 11.7. The van der Waals surface area contributed by atoms with Crippen molar-refractivity contribution < 1.29 is 0 Å². The summed E-state index contributed by atoms with van der Waals surface area (Å²) in [5.74, 6) is 1.68. The van der Waals surface area contributed by atoms with Crippen LogP contribution in [-0.2, 0) is 7.05 Å². The van der Waals surface area contributed by atoms with Crippen LogP contribution in [-0.4, -0.2) is 24.1 Å². The first-order valence-corrected chi connectivity index (χ1v) is 7.42. The van der Waals surface area contributed by atoms with Crippen molar-refractivity contribution in [3.8, 4) is 17.3 Å². The van der Waals surface area contributed by atoms with Gasteiger partial charge in [0.25, 0.3) is 0 Å². The summed E-state index contributed by atoms with van der Waals surface area (Å²) >= 11 is 1.70. The summed E-state index contributed by atoms with van der Waals surface area (Å²) in [6.45, 7) is 2.03. The van der Waals surface area contributed by atoms with Gasteiger partial charge in [0.1, 0.15) is 0 Å². The monoisotopic (exact) mass is 295 g/mol. The van der Waals surface area contributed by atoms with Crippen LogP contribution in [0, 0.1) is 6.92 Å². The number of fused-ring (bicyclic) bond motifs is 1. The average molecular weight is 295 g/mol. The molecule has 3 heterocycles. The van der Waals surface area contributed by atoms with E-state index < -0.39 is 0 Å². The van der Waals surface area contributed by atoms with Crippen molar-refractivity contribution in [3.05, 3.63) is 48.0 Å². The fraction of sp³-hybridized carbons (Fsp3) is 0.133. The highest BCUT2D eigenvalue weighted by Gasteiger charge is 2.12. The van der Waals surface area contributed by atoms with Crippen LogP contribution in [0.25, 0.3) is 27.6 Å². The molecule has 0 radical (unpaired) electrons. The van der Waals surface area contributed by atoms with Gasteiger partial charge >= 0.3 is 0 Å². The molecule has 6 heteroatoms. The van der Waals surface area contributed by atoms with Crippen LogP contribution in [0.2, 0.25) is 0 Å². The summed E-state index contributed by atoms with van der Waals surface area (Å²) in [6, 6.07) is 6.26. The summed E-state index contributed by atoms with van der Waals surface area (Å²) in [5.41, 5.74) is 2.11. The first kappa shape index (κ1) is 12.3. The number of hydrogen-bond acceptors (Lipinski definition) is 4. The second-order valence-corrected chi connectivity index (χ2v) is 6.10. The van der Waals surface area contributed by atoms with Gasteiger partial charge in [-0.2, -0.15) is 0 Å². The molecule has 0 saturated carbocycles. The molecule has 0 spiro atoms. The molecule has 0 N–H and O–H groups in total. The van der Waals surface area contributed by atoms with E-state index in [9.17, 15) is 0 Å². The molecule has 0 aliphatic carbocycles. The minimum absolute atomic E-state index is 0.836. The first-order chi connectivity index (χ1) is 10.2. The number of hydrogen-bond donors (Lipinski definition) is 0. The molecule has 0 saturated heterocycles. The molecule has 5 nitrogen and oxygen atoms in total. The number of thiazole rings is 1. The molecule has 3 aromatic heterocycles. The van der Waals surface area contributed by atoms with Gasteiger partial charge in [0.2, 0.25) is 0 Å². The van der Waals surface area contributed by atoms with Gasteiger partial charge in [0.05, 0.1) is 15.2 Å². The van der Waals surface area contributed by atoms with E-state index in [0.29, 0.717) is 0 Å². The van der Waals surface area contributed by atoms with E-state index in [2.05, 4.69) is 37.7 Å². The molecular weight excluding hydrogens is 282 g/mol. The van der Waals surface area contributed by atoms with E-state index in [4.69, 9.17) is 0 Å². The van der Waals surface area contributed by atoms with Crippen molar-refractivity contribution in [1.82, 2.24) is 24.1 Å². The molecule has 0 amide bonds. The highest BCUT2D eigenvalue weighted by Crippen LogP contribution is 2.26. The molecule has 0 unspecified atom stereocenters. The lowest BCUT2D eigenvalue weighted by atomic mass is 10.3. The molecule has 104 valence electrons. The number of benzene rings is 1.